The minimum atomic E-state index is -1.02. The number of esters is 1. The van der Waals surface area contributed by atoms with Gasteiger partial charge in [0.15, 0.2) is 0 Å². The van der Waals surface area contributed by atoms with Gasteiger partial charge < -0.3 is 4.74 Å². The summed E-state index contributed by atoms with van der Waals surface area (Å²) >= 11 is 4.88. The second-order valence-electron chi connectivity index (χ2n) is 8.63. The Labute approximate surface area is 233 Å². The van der Waals surface area contributed by atoms with E-state index in [2.05, 4.69) is 40.2 Å². The molecular weight excluding hydrogens is 560 g/mol. The van der Waals surface area contributed by atoms with Gasteiger partial charge in [0, 0.05) is 21.2 Å². The van der Waals surface area contributed by atoms with Crippen LogP contribution in [-0.4, -0.2) is 23.3 Å². The Balaban J connectivity index is 1.64. The van der Waals surface area contributed by atoms with Crippen molar-refractivity contribution in [3.05, 3.63) is 130 Å². The number of para-hydroxylation sites is 1. The lowest BCUT2D eigenvalue weighted by Gasteiger charge is -2.47. The fraction of sp³-hybridized carbons (Fsp3) is 0.100. The molecule has 1 unspecified atom stereocenters. The first-order chi connectivity index (χ1) is 18.6. The standard InChI is InChI=1S/C30H23BrN4O2S/c1-2-37-29(36)28-33-35(24-19-17-22(31)18-20-24)30(38-28)26-16-10-9-15-25(26)27(21-11-5-3-6-12-21)32-34(30)23-13-7-4-8-14-23/h3-20H,2H2,1H3. The van der Waals surface area contributed by atoms with Crippen molar-refractivity contribution in [1.82, 2.24) is 0 Å². The fourth-order valence-electron chi connectivity index (χ4n) is 4.67. The van der Waals surface area contributed by atoms with E-state index in [0.717, 1.165) is 38.2 Å². The smallest absolute Gasteiger partial charge is 0.365 e. The molecule has 38 heavy (non-hydrogen) atoms. The van der Waals surface area contributed by atoms with E-state index >= 15 is 0 Å². The number of hydrogen-bond acceptors (Lipinski definition) is 7. The average molecular weight is 584 g/mol. The number of benzene rings is 4. The summed E-state index contributed by atoms with van der Waals surface area (Å²) in [5.74, 6) is -0.459. The Bertz CT molecular complexity index is 1540. The SMILES string of the molecule is CCOC(=O)C1=NN(c2ccc(Br)cc2)C2(S1)c1ccccc1C(c1ccccc1)=NN2c1ccccc1. The molecule has 1 spiro atoms. The van der Waals surface area contributed by atoms with E-state index < -0.39 is 11.0 Å². The minimum Gasteiger partial charge on any atom is -0.461 e. The summed E-state index contributed by atoms with van der Waals surface area (Å²) in [4.78, 5) is 12.1. The van der Waals surface area contributed by atoms with Crippen LogP contribution in [0, 0.1) is 0 Å². The van der Waals surface area contributed by atoms with Gasteiger partial charge in [-0.2, -0.15) is 10.2 Å². The minimum absolute atomic E-state index is 0.263. The molecule has 8 heteroatoms. The van der Waals surface area contributed by atoms with Crippen LogP contribution in [-0.2, 0) is 14.5 Å². The third-order valence-electron chi connectivity index (χ3n) is 6.31. The molecule has 6 rings (SSSR count). The lowest BCUT2D eigenvalue weighted by Crippen LogP contribution is -2.54. The molecule has 2 aliphatic heterocycles. The lowest BCUT2D eigenvalue weighted by atomic mass is 9.93. The third-order valence-corrected chi connectivity index (χ3v) is 8.13. The largest absolute Gasteiger partial charge is 0.461 e. The Morgan fingerprint density at radius 2 is 1.42 bits per heavy atom. The molecule has 188 valence electrons. The highest BCUT2D eigenvalue weighted by molar-refractivity contribution is 9.10. The number of fused-ring (bicyclic) bond motifs is 2. The molecule has 0 saturated carbocycles. The highest BCUT2D eigenvalue weighted by atomic mass is 79.9. The molecule has 0 amide bonds. The summed E-state index contributed by atoms with van der Waals surface area (Å²) in [5.41, 5.74) is 5.46. The van der Waals surface area contributed by atoms with Gasteiger partial charge in [-0.15, -0.1) is 0 Å². The van der Waals surface area contributed by atoms with E-state index in [0.29, 0.717) is 0 Å². The molecule has 0 fully saturated rings. The van der Waals surface area contributed by atoms with Crippen molar-refractivity contribution in [2.45, 2.75) is 11.9 Å². The van der Waals surface area contributed by atoms with Gasteiger partial charge in [0.05, 0.1) is 23.7 Å². The Morgan fingerprint density at radius 1 is 0.816 bits per heavy atom. The zero-order valence-electron chi connectivity index (χ0n) is 20.5. The van der Waals surface area contributed by atoms with Crippen LogP contribution in [0.1, 0.15) is 23.6 Å². The van der Waals surface area contributed by atoms with E-state index in [1.54, 1.807) is 6.92 Å². The highest BCUT2D eigenvalue weighted by Crippen LogP contribution is 2.55. The van der Waals surface area contributed by atoms with Gasteiger partial charge >= 0.3 is 5.97 Å². The lowest BCUT2D eigenvalue weighted by molar-refractivity contribution is -0.134. The monoisotopic (exact) mass is 582 g/mol. The van der Waals surface area contributed by atoms with Crippen LogP contribution in [0.3, 0.4) is 0 Å². The number of anilines is 2. The fourth-order valence-corrected chi connectivity index (χ4v) is 6.22. The predicted molar refractivity (Wildman–Crippen MR) is 157 cm³/mol. The number of thioether (sulfide) groups is 1. The van der Waals surface area contributed by atoms with Gasteiger partial charge in [-0.25, -0.2) is 14.8 Å². The van der Waals surface area contributed by atoms with Crippen molar-refractivity contribution in [1.29, 1.82) is 0 Å². The van der Waals surface area contributed by atoms with Gasteiger partial charge in [0.1, 0.15) is 0 Å². The van der Waals surface area contributed by atoms with Crippen molar-refractivity contribution in [3.63, 3.8) is 0 Å². The van der Waals surface area contributed by atoms with Crippen molar-refractivity contribution in [2.24, 2.45) is 10.2 Å². The Kier molecular flexibility index (Phi) is 6.51. The number of halogens is 1. The zero-order valence-corrected chi connectivity index (χ0v) is 22.9. The van der Waals surface area contributed by atoms with Crippen LogP contribution < -0.4 is 10.0 Å². The molecule has 6 nitrogen and oxygen atoms in total. The van der Waals surface area contributed by atoms with Gasteiger partial charge in [-0.1, -0.05) is 88.7 Å². The van der Waals surface area contributed by atoms with Crippen molar-refractivity contribution >= 4 is 55.8 Å². The Morgan fingerprint density at radius 3 is 2.13 bits per heavy atom. The van der Waals surface area contributed by atoms with E-state index in [1.807, 2.05) is 94.9 Å². The second kappa shape index (κ2) is 10.1. The number of rotatable bonds is 5. The quantitative estimate of drug-likeness (QED) is 0.238. The molecule has 0 aromatic heterocycles. The molecule has 1 atom stereocenters. The summed E-state index contributed by atoms with van der Waals surface area (Å²) in [6.45, 7) is 2.06. The van der Waals surface area contributed by atoms with Crippen molar-refractivity contribution < 1.29 is 9.53 Å². The molecule has 2 heterocycles. The maximum absolute atomic E-state index is 13.1. The number of hydrazone groups is 2. The van der Waals surface area contributed by atoms with Crippen LogP contribution >= 0.6 is 27.7 Å². The molecule has 4 aromatic carbocycles. The van der Waals surface area contributed by atoms with Gasteiger partial charge in [-0.3, -0.25) is 0 Å². The molecule has 4 aromatic rings. The average Bonchev–Trinajstić information content (AvgIpc) is 3.36. The molecule has 0 aliphatic carbocycles. The molecule has 0 radical (unpaired) electrons. The normalized spacial score (nSPS) is 18.2. The van der Waals surface area contributed by atoms with E-state index in [9.17, 15) is 4.79 Å². The highest BCUT2D eigenvalue weighted by Gasteiger charge is 2.56. The topological polar surface area (TPSA) is 57.5 Å². The van der Waals surface area contributed by atoms with Crippen LogP contribution in [0.15, 0.2) is 124 Å². The number of carbonyl (C=O) groups excluding carboxylic acids is 1. The maximum Gasteiger partial charge on any atom is 0.365 e. The van der Waals surface area contributed by atoms with Crippen LogP contribution in [0.2, 0.25) is 0 Å². The summed E-state index contributed by atoms with van der Waals surface area (Å²) in [6, 6.07) is 36.2. The van der Waals surface area contributed by atoms with E-state index in [4.69, 9.17) is 14.9 Å². The first kappa shape index (κ1) is 24.5. The zero-order chi connectivity index (χ0) is 26.1. The number of nitrogens with zero attached hydrogens (tertiary/aromatic N) is 4. The first-order valence-corrected chi connectivity index (χ1v) is 13.8. The number of hydrogen-bond donors (Lipinski definition) is 0. The number of ether oxygens (including phenoxy) is 1. The van der Waals surface area contributed by atoms with Gasteiger partial charge in [0.25, 0.3) is 0 Å². The van der Waals surface area contributed by atoms with E-state index in [-0.39, 0.29) is 11.7 Å². The van der Waals surface area contributed by atoms with Gasteiger partial charge in [0.2, 0.25) is 10.0 Å². The van der Waals surface area contributed by atoms with Crippen molar-refractivity contribution in [2.75, 3.05) is 16.6 Å². The summed E-state index contributed by atoms with van der Waals surface area (Å²) in [5, 5.41) is 14.3. The molecule has 2 aliphatic rings. The predicted octanol–water partition coefficient (Wildman–Crippen LogP) is 6.96. The molecule has 0 N–H and O–H groups in total. The Hall–Kier alpha value is -3.88. The maximum atomic E-state index is 13.1. The van der Waals surface area contributed by atoms with Crippen LogP contribution in [0.5, 0.6) is 0 Å². The van der Waals surface area contributed by atoms with Crippen LogP contribution in [0.25, 0.3) is 0 Å². The van der Waals surface area contributed by atoms with Crippen molar-refractivity contribution in [3.8, 4) is 0 Å². The van der Waals surface area contributed by atoms with Crippen LogP contribution in [0.4, 0.5) is 11.4 Å². The second-order valence-corrected chi connectivity index (χ2v) is 10.7. The first-order valence-electron chi connectivity index (χ1n) is 12.2. The summed E-state index contributed by atoms with van der Waals surface area (Å²) in [7, 11) is 0. The molecule has 0 bridgehead atoms. The molecule has 0 saturated heterocycles. The third kappa shape index (κ3) is 4.10. The molecular formula is C30H23BrN4O2S. The number of carbonyl (C=O) groups is 1. The summed E-state index contributed by atoms with van der Waals surface area (Å²) in [6.07, 6.45) is 0. The van der Waals surface area contributed by atoms with Gasteiger partial charge in [-0.05, 0) is 55.1 Å². The van der Waals surface area contributed by atoms with E-state index in [1.165, 1.54) is 11.8 Å². The summed E-state index contributed by atoms with van der Waals surface area (Å²) < 4.78 is 6.35.